The third-order valence-electron chi connectivity index (χ3n) is 3.94. The van der Waals surface area contributed by atoms with Crippen LogP contribution < -0.4 is 0 Å². The Morgan fingerprint density at radius 2 is 2.00 bits per heavy atom. The van der Waals surface area contributed by atoms with Gasteiger partial charge in [-0.25, -0.2) is 0 Å². The van der Waals surface area contributed by atoms with Gasteiger partial charge in [0.25, 0.3) is 0 Å². The van der Waals surface area contributed by atoms with E-state index >= 15 is 0 Å². The number of aryl methyl sites for hydroxylation is 1. The van der Waals surface area contributed by atoms with Crippen LogP contribution in [-0.4, -0.2) is 15.6 Å². The van der Waals surface area contributed by atoms with Gasteiger partial charge < -0.3 is 4.74 Å². The molecule has 0 amide bonds. The van der Waals surface area contributed by atoms with Gasteiger partial charge >= 0.3 is 0 Å². The number of nitrogens with zero attached hydrogens (tertiary/aromatic N) is 2. The summed E-state index contributed by atoms with van der Waals surface area (Å²) in [6.45, 7) is 3.07. The van der Waals surface area contributed by atoms with E-state index in [2.05, 4.69) is 12.0 Å². The van der Waals surface area contributed by atoms with Gasteiger partial charge in [-0.2, -0.15) is 5.10 Å². The first-order chi connectivity index (χ1) is 10.1. The molecule has 1 heterocycles. The predicted molar refractivity (Wildman–Crippen MR) is 80.0 cm³/mol. The SMILES string of the molecule is CC1CC(=O)c2c(nn(C)c2COCc2ccccc2)C1. The van der Waals surface area contributed by atoms with Crippen LogP contribution in [-0.2, 0) is 31.4 Å². The van der Waals surface area contributed by atoms with Crippen LogP contribution in [0.4, 0.5) is 0 Å². The maximum atomic E-state index is 12.3. The Balaban J connectivity index is 1.73. The van der Waals surface area contributed by atoms with Crippen molar-refractivity contribution in [2.24, 2.45) is 13.0 Å². The first kappa shape index (κ1) is 14.0. The summed E-state index contributed by atoms with van der Waals surface area (Å²) in [7, 11) is 1.89. The van der Waals surface area contributed by atoms with Gasteiger partial charge in [-0.15, -0.1) is 0 Å². The molecule has 1 aliphatic carbocycles. The van der Waals surface area contributed by atoms with E-state index < -0.39 is 0 Å². The van der Waals surface area contributed by atoms with Crippen LogP contribution in [0.2, 0.25) is 0 Å². The smallest absolute Gasteiger partial charge is 0.166 e. The zero-order valence-electron chi connectivity index (χ0n) is 12.5. The summed E-state index contributed by atoms with van der Waals surface area (Å²) >= 11 is 0. The second-order valence-electron chi connectivity index (χ2n) is 5.81. The third-order valence-corrected chi connectivity index (χ3v) is 3.94. The number of carbonyl (C=O) groups is 1. The minimum atomic E-state index is 0.204. The molecule has 1 atom stereocenters. The van der Waals surface area contributed by atoms with E-state index in [-0.39, 0.29) is 5.78 Å². The van der Waals surface area contributed by atoms with E-state index in [4.69, 9.17) is 4.74 Å². The Kier molecular flexibility index (Phi) is 3.88. The van der Waals surface area contributed by atoms with Crippen LogP contribution >= 0.6 is 0 Å². The second-order valence-corrected chi connectivity index (χ2v) is 5.81. The molecule has 21 heavy (non-hydrogen) atoms. The molecule has 3 rings (SSSR count). The van der Waals surface area contributed by atoms with E-state index in [0.717, 1.165) is 28.9 Å². The maximum Gasteiger partial charge on any atom is 0.166 e. The molecule has 0 N–H and O–H groups in total. The van der Waals surface area contributed by atoms with Gasteiger partial charge in [0, 0.05) is 13.5 Å². The van der Waals surface area contributed by atoms with Gasteiger partial charge in [0.15, 0.2) is 5.78 Å². The lowest BCUT2D eigenvalue weighted by molar-refractivity contribution is 0.0916. The lowest BCUT2D eigenvalue weighted by Gasteiger charge is -2.16. The van der Waals surface area contributed by atoms with Crippen LogP contribution in [0.3, 0.4) is 0 Å². The minimum absolute atomic E-state index is 0.204. The van der Waals surface area contributed by atoms with Crippen LogP contribution in [0.15, 0.2) is 30.3 Å². The molecule has 4 nitrogen and oxygen atoms in total. The van der Waals surface area contributed by atoms with Crippen molar-refractivity contribution < 1.29 is 9.53 Å². The van der Waals surface area contributed by atoms with Crippen molar-refractivity contribution in [1.82, 2.24) is 9.78 Å². The molecule has 2 aromatic rings. The Hall–Kier alpha value is -1.94. The number of ketones is 1. The number of Topliss-reactive ketones (excluding diaryl/α,β-unsaturated/α-hetero) is 1. The number of hydrogen-bond acceptors (Lipinski definition) is 3. The lowest BCUT2D eigenvalue weighted by Crippen LogP contribution is -2.18. The first-order valence-electron chi connectivity index (χ1n) is 7.34. The van der Waals surface area contributed by atoms with Crippen molar-refractivity contribution in [2.75, 3.05) is 0 Å². The summed E-state index contributed by atoms with van der Waals surface area (Å²) in [6.07, 6.45) is 1.50. The van der Waals surface area contributed by atoms with Gasteiger partial charge in [0.2, 0.25) is 0 Å². The normalized spacial score (nSPS) is 17.8. The van der Waals surface area contributed by atoms with Crippen LogP contribution in [0.5, 0.6) is 0 Å². The maximum absolute atomic E-state index is 12.3. The van der Waals surface area contributed by atoms with Gasteiger partial charge in [0.1, 0.15) is 0 Å². The molecule has 1 aliphatic rings. The van der Waals surface area contributed by atoms with Crippen molar-refractivity contribution in [3.63, 3.8) is 0 Å². The fourth-order valence-electron chi connectivity index (χ4n) is 2.91. The highest BCUT2D eigenvalue weighted by Gasteiger charge is 2.29. The molecule has 4 heteroatoms. The molecule has 0 aliphatic heterocycles. The van der Waals surface area contributed by atoms with Crippen molar-refractivity contribution >= 4 is 5.78 Å². The quantitative estimate of drug-likeness (QED) is 0.867. The highest BCUT2D eigenvalue weighted by molar-refractivity contribution is 5.99. The molecule has 110 valence electrons. The fourth-order valence-corrected chi connectivity index (χ4v) is 2.91. The van der Waals surface area contributed by atoms with E-state index in [9.17, 15) is 4.79 Å². The second kappa shape index (κ2) is 5.82. The number of aromatic nitrogens is 2. The Bertz CT molecular complexity index is 646. The molecule has 0 fully saturated rings. The Labute approximate surface area is 124 Å². The monoisotopic (exact) mass is 284 g/mol. The summed E-state index contributed by atoms with van der Waals surface area (Å²) in [4.78, 5) is 12.3. The van der Waals surface area contributed by atoms with E-state index in [1.165, 1.54) is 0 Å². The summed E-state index contributed by atoms with van der Waals surface area (Å²) in [5.41, 5.74) is 3.76. The predicted octanol–water partition coefficient (Wildman–Crippen LogP) is 2.90. The first-order valence-corrected chi connectivity index (χ1v) is 7.34. The molecule has 1 unspecified atom stereocenters. The molecule has 1 aromatic carbocycles. The van der Waals surface area contributed by atoms with Crippen molar-refractivity contribution in [3.8, 4) is 0 Å². The lowest BCUT2D eigenvalue weighted by atomic mass is 9.87. The minimum Gasteiger partial charge on any atom is -0.370 e. The molecular weight excluding hydrogens is 264 g/mol. The van der Waals surface area contributed by atoms with Crippen molar-refractivity contribution in [3.05, 3.63) is 52.8 Å². The number of carbonyl (C=O) groups excluding carboxylic acids is 1. The Morgan fingerprint density at radius 3 is 2.76 bits per heavy atom. The number of fused-ring (bicyclic) bond motifs is 1. The van der Waals surface area contributed by atoms with Gasteiger partial charge in [-0.3, -0.25) is 9.48 Å². The molecule has 0 saturated carbocycles. The van der Waals surface area contributed by atoms with Crippen LogP contribution in [0, 0.1) is 5.92 Å². The van der Waals surface area contributed by atoms with Gasteiger partial charge in [-0.05, 0) is 17.9 Å². The van der Waals surface area contributed by atoms with Crippen molar-refractivity contribution in [2.45, 2.75) is 33.0 Å². The van der Waals surface area contributed by atoms with E-state index in [0.29, 0.717) is 25.6 Å². The highest BCUT2D eigenvalue weighted by atomic mass is 16.5. The zero-order valence-corrected chi connectivity index (χ0v) is 12.5. The third kappa shape index (κ3) is 2.90. The van der Waals surface area contributed by atoms with Gasteiger partial charge in [0.05, 0.1) is 30.2 Å². The number of rotatable bonds is 4. The average Bonchev–Trinajstić information content (AvgIpc) is 2.76. The molecular formula is C17H20N2O2. The summed E-state index contributed by atoms with van der Waals surface area (Å²) in [6, 6.07) is 10.0. The largest absolute Gasteiger partial charge is 0.370 e. The van der Waals surface area contributed by atoms with E-state index in [1.807, 2.05) is 37.4 Å². The van der Waals surface area contributed by atoms with Crippen molar-refractivity contribution in [1.29, 1.82) is 0 Å². The summed E-state index contributed by atoms with van der Waals surface area (Å²) < 4.78 is 7.57. The number of hydrogen-bond donors (Lipinski definition) is 0. The fraction of sp³-hybridized carbons (Fsp3) is 0.412. The topological polar surface area (TPSA) is 44.1 Å². The van der Waals surface area contributed by atoms with Gasteiger partial charge in [-0.1, -0.05) is 37.3 Å². The van der Waals surface area contributed by atoms with Crippen LogP contribution in [0.25, 0.3) is 0 Å². The molecule has 0 radical (unpaired) electrons. The zero-order chi connectivity index (χ0) is 14.8. The molecule has 0 spiro atoms. The summed E-state index contributed by atoms with van der Waals surface area (Å²) in [5, 5.41) is 4.49. The van der Waals surface area contributed by atoms with E-state index in [1.54, 1.807) is 4.68 Å². The molecule has 0 bridgehead atoms. The molecule has 1 aromatic heterocycles. The summed E-state index contributed by atoms with van der Waals surface area (Å²) in [5.74, 6) is 0.591. The number of ether oxygens (including phenoxy) is 1. The number of benzene rings is 1. The average molecular weight is 284 g/mol. The molecule has 0 saturated heterocycles. The highest BCUT2D eigenvalue weighted by Crippen LogP contribution is 2.27. The van der Waals surface area contributed by atoms with Crippen LogP contribution in [0.1, 0.15) is 40.7 Å². The Morgan fingerprint density at radius 1 is 1.24 bits per heavy atom. The standard InChI is InChI=1S/C17H20N2O2/c1-12-8-14-17(16(20)9-12)15(19(2)18-14)11-21-10-13-6-4-3-5-7-13/h3-7,12H,8-11H2,1-2H3.